The summed E-state index contributed by atoms with van der Waals surface area (Å²) in [6, 6.07) is 13.2. The minimum absolute atomic E-state index is 0.0301. The summed E-state index contributed by atoms with van der Waals surface area (Å²) in [5, 5.41) is 5.11. The Morgan fingerprint density at radius 1 is 1.00 bits per heavy atom. The molecule has 0 bridgehead atoms. The molecule has 140 valence electrons. The van der Waals surface area contributed by atoms with E-state index in [0.29, 0.717) is 0 Å². The Hall–Kier alpha value is -1.63. The quantitative estimate of drug-likeness (QED) is 0.512. The lowest BCUT2D eigenvalue weighted by molar-refractivity contribution is -0.137. The number of hydrogen-bond acceptors (Lipinski definition) is 2. The highest BCUT2D eigenvalue weighted by atomic mass is 35.6. The van der Waals surface area contributed by atoms with Crippen LogP contribution >= 0.6 is 34.8 Å². The van der Waals surface area contributed by atoms with Gasteiger partial charge in [-0.3, -0.25) is 4.79 Å². The topological polar surface area (TPSA) is 41.1 Å². The smallest absolute Gasteiger partial charge is 0.362 e. The number of amides is 1. The molecule has 0 spiro atoms. The number of nitrogens with one attached hydrogen (secondary N) is 2. The molecule has 2 rings (SSSR count). The number of alkyl halides is 6. The number of carbonyl (C=O) groups is 1. The Morgan fingerprint density at radius 3 is 2.23 bits per heavy atom. The monoisotopic (exact) mass is 424 g/mol. The van der Waals surface area contributed by atoms with Gasteiger partial charge in [-0.1, -0.05) is 71.2 Å². The molecule has 9 heteroatoms. The van der Waals surface area contributed by atoms with Gasteiger partial charge in [0.05, 0.1) is 12.0 Å². The molecule has 1 amide bonds. The van der Waals surface area contributed by atoms with E-state index in [-0.39, 0.29) is 12.1 Å². The van der Waals surface area contributed by atoms with E-state index in [9.17, 15) is 18.0 Å². The molecule has 0 radical (unpaired) electrons. The van der Waals surface area contributed by atoms with Crippen molar-refractivity contribution >= 4 is 46.4 Å². The minimum atomic E-state index is -4.51. The van der Waals surface area contributed by atoms with E-state index in [0.717, 1.165) is 17.7 Å². The van der Waals surface area contributed by atoms with Crippen LogP contribution in [0.3, 0.4) is 0 Å². The molecule has 2 aromatic carbocycles. The van der Waals surface area contributed by atoms with Crippen LogP contribution < -0.4 is 10.6 Å². The lowest BCUT2D eigenvalue weighted by atomic mass is 10.1. The van der Waals surface area contributed by atoms with Crippen molar-refractivity contribution in [2.24, 2.45) is 0 Å². The first-order chi connectivity index (χ1) is 12.1. The average Bonchev–Trinajstić information content (AvgIpc) is 2.54. The molecule has 0 aromatic heterocycles. The summed E-state index contributed by atoms with van der Waals surface area (Å²) in [5.41, 5.74) is -0.0653. The molecule has 0 heterocycles. The largest absolute Gasteiger partial charge is 0.416 e. The summed E-state index contributed by atoms with van der Waals surface area (Å²) in [7, 11) is 0. The van der Waals surface area contributed by atoms with E-state index in [1.54, 1.807) is 30.3 Å². The van der Waals surface area contributed by atoms with Gasteiger partial charge in [0, 0.05) is 5.69 Å². The summed E-state index contributed by atoms with van der Waals surface area (Å²) in [5.74, 6) is -0.452. The molecule has 0 aliphatic heterocycles. The van der Waals surface area contributed by atoms with E-state index < -0.39 is 27.6 Å². The lowest BCUT2D eigenvalue weighted by Crippen LogP contribution is -2.49. The fraction of sp³-hybridized carbons (Fsp3) is 0.235. The summed E-state index contributed by atoms with van der Waals surface area (Å²) >= 11 is 17.6. The van der Waals surface area contributed by atoms with Crippen LogP contribution in [0, 0.1) is 0 Å². The number of benzene rings is 2. The molecule has 2 N–H and O–H groups in total. The van der Waals surface area contributed by atoms with Crippen LogP contribution in [-0.2, 0) is 17.4 Å². The molecular formula is C17H14Cl3F3N2O. The molecule has 26 heavy (non-hydrogen) atoms. The molecule has 2 aromatic rings. The lowest BCUT2D eigenvalue weighted by Gasteiger charge is -2.27. The predicted molar refractivity (Wildman–Crippen MR) is 97.4 cm³/mol. The number of hydrogen-bond donors (Lipinski definition) is 2. The average molecular weight is 426 g/mol. The number of carbonyl (C=O) groups excluding carboxylic acids is 1. The van der Waals surface area contributed by atoms with Gasteiger partial charge < -0.3 is 10.6 Å². The standard InChI is InChI=1S/C17H14Cl3F3N2O/c18-16(19,20)15(25-14(26)9-11-5-2-1-3-6-11)24-13-8-4-7-12(10-13)17(21,22)23/h1-8,10,15,24H,9H2,(H,25,26)/t15-/m1/s1. The molecule has 0 aliphatic carbocycles. The van der Waals surface area contributed by atoms with E-state index in [1.807, 2.05) is 0 Å². The van der Waals surface area contributed by atoms with Crippen molar-refractivity contribution in [3.63, 3.8) is 0 Å². The van der Waals surface area contributed by atoms with Gasteiger partial charge in [0.1, 0.15) is 6.17 Å². The first kappa shape index (κ1) is 20.7. The van der Waals surface area contributed by atoms with E-state index in [2.05, 4.69) is 10.6 Å². The number of rotatable bonds is 5. The molecule has 0 saturated carbocycles. The Labute approximate surface area is 163 Å². The van der Waals surface area contributed by atoms with E-state index >= 15 is 0 Å². The fourth-order valence-corrected chi connectivity index (χ4v) is 2.47. The molecule has 0 saturated heterocycles. The summed E-state index contributed by atoms with van der Waals surface area (Å²) in [4.78, 5) is 12.2. The Balaban J connectivity index is 2.12. The van der Waals surface area contributed by atoms with Crippen LogP contribution in [0.15, 0.2) is 54.6 Å². The van der Waals surface area contributed by atoms with Crippen LogP contribution in [0.4, 0.5) is 18.9 Å². The molecule has 1 atom stereocenters. The second-order valence-corrected chi connectivity index (χ2v) is 7.80. The first-order valence-corrected chi connectivity index (χ1v) is 8.53. The third kappa shape index (κ3) is 6.27. The van der Waals surface area contributed by atoms with Gasteiger partial charge in [0.25, 0.3) is 0 Å². The highest BCUT2D eigenvalue weighted by molar-refractivity contribution is 6.68. The molecular weight excluding hydrogens is 412 g/mol. The molecule has 3 nitrogen and oxygen atoms in total. The molecule has 0 unspecified atom stereocenters. The highest BCUT2D eigenvalue weighted by Gasteiger charge is 2.35. The first-order valence-electron chi connectivity index (χ1n) is 7.39. The van der Waals surface area contributed by atoms with Gasteiger partial charge in [-0.15, -0.1) is 0 Å². The van der Waals surface area contributed by atoms with Crippen LogP contribution in [-0.4, -0.2) is 15.9 Å². The Bertz CT molecular complexity index is 749. The van der Waals surface area contributed by atoms with Crippen molar-refractivity contribution in [3.8, 4) is 0 Å². The maximum atomic E-state index is 12.8. The molecule has 0 aliphatic rings. The minimum Gasteiger partial charge on any atom is -0.362 e. The van der Waals surface area contributed by atoms with Crippen LogP contribution in [0.5, 0.6) is 0 Å². The van der Waals surface area contributed by atoms with Crippen LogP contribution in [0.25, 0.3) is 0 Å². The van der Waals surface area contributed by atoms with Gasteiger partial charge in [0.15, 0.2) is 0 Å². The summed E-state index contributed by atoms with van der Waals surface area (Å²) in [6.07, 6.45) is -5.71. The zero-order valence-electron chi connectivity index (χ0n) is 13.2. The van der Waals surface area contributed by atoms with Gasteiger partial charge in [-0.25, -0.2) is 0 Å². The fourth-order valence-electron chi connectivity index (χ4n) is 2.14. The van der Waals surface area contributed by atoms with Gasteiger partial charge in [0.2, 0.25) is 9.70 Å². The summed E-state index contributed by atoms with van der Waals surface area (Å²) in [6.45, 7) is 0. The maximum absolute atomic E-state index is 12.8. The second-order valence-electron chi connectivity index (χ2n) is 5.43. The highest BCUT2D eigenvalue weighted by Crippen LogP contribution is 2.33. The van der Waals surface area contributed by atoms with Crippen LogP contribution in [0.2, 0.25) is 0 Å². The zero-order chi connectivity index (χ0) is 19.4. The summed E-state index contributed by atoms with van der Waals surface area (Å²) < 4.78 is 36.5. The van der Waals surface area contributed by atoms with Crippen molar-refractivity contribution in [3.05, 3.63) is 65.7 Å². The Morgan fingerprint density at radius 2 is 1.65 bits per heavy atom. The van der Waals surface area contributed by atoms with Crippen molar-refractivity contribution in [2.75, 3.05) is 5.32 Å². The van der Waals surface area contributed by atoms with E-state index in [4.69, 9.17) is 34.8 Å². The maximum Gasteiger partial charge on any atom is 0.416 e. The molecule has 0 fully saturated rings. The number of anilines is 1. The van der Waals surface area contributed by atoms with Gasteiger partial charge in [-0.2, -0.15) is 13.2 Å². The van der Waals surface area contributed by atoms with Gasteiger partial charge in [-0.05, 0) is 23.8 Å². The number of halogens is 6. The van der Waals surface area contributed by atoms with E-state index in [1.165, 1.54) is 12.1 Å². The predicted octanol–water partition coefficient (Wildman–Crippen LogP) is 5.17. The van der Waals surface area contributed by atoms with Crippen molar-refractivity contribution in [1.82, 2.24) is 5.32 Å². The van der Waals surface area contributed by atoms with Crippen molar-refractivity contribution in [2.45, 2.75) is 22.6 Å². The SMILES string of the molecule is O=C(Cc1ccccc1)N[C@@H](Nc1cccc(C(F)(F)F)c1)C(Cl)(Cl)Cl. The Kier molecular flexibility index (Phi) is 6.66. The third-order valence-corrected chi connectivity index (χ3v) is 4.00. The van der Waals surface area contributed by atoms with Crippen molar-refractivity contribution < 1.29 is 18.0 Å². The zero-order valence-corrected chi connectivity index (χ0v) is 15.4. The third-order valence-electron chi connectivity index (χ3n) is 3.34. The van der Waals surface area contributed by atoms with Gasteiger partial charge >= 0.3 is 6.18 Å². The second kappa shape index (κ2) is 8.37. The normalized spacial score (nSPS) is 13.2. The van der Waals surface area contributed by atoms with Crippen molar-refractivity contribution in [1.29, 1.82) is 0 Å². The van der Waals surface area contributed by atoms with Crippen LogP contribution in [0.1, 0.15) is 11.1 Å².